The molecule has 0 bridgehead atoms. The number of nitrogens with zero attached hydrogens (tertiary/aromatic N) is 2. The Bertz CT molecular complexity index is 862. The summed E-state index contributed by atoms with van der Waals surface area (Å²) in [5.74, 6) is -0.0103. The molecule has 2 aliphatic rings. The average Bonchev–Trinajstić information content (AvgIpc) is 3.27. The van der Waals surface area contributed by atoms with Crippen LogP contribution >= 0.6 is 0 Å². The number of nitrogens with one attached hydrogen (secondary N) is 1. The van der Waals surface area contributed by atoms with Crippen LogP contribution in [0.15, 0.2) is 18.2 Å². The Hall–Kier alpha value is -3.56. The van der Waals surface area contributed by atoms with Crippen LogP contribution in [0.4, 0.5) is 0 Å². The van der Waals surface area contributed by atoms with Gasteiger partial charge < -0.3 is 24.6 Å². The molecule has 136 valence electrons. The molecule has 0 fully saturated rings. The summed E-state index contributed by atoms with van der Waals surface area (Å²) in [5, 5.41) is 22.5. The summed E-state index contributed by atoms with van der Waals surface area (Å²) in [6, 6.07) is 5.07. The normalized spacial score (nSPS) is 14.1. The molecule has 0 aliphatic carbocycles. The first-order valence-corrected chi connectivity index (χ1v) is 7.61. The molecule has 1 amide bonds. The van der Waals surface area contributed by atoms with Crippen molar-refractivity contribution in [2.75, 3.05) is 13.3 Å². The Labute approximate surface area is 146 Å². The van der Waals surface area contributed by atoms with Crippen LogP contribution in [-0.4, -0.2) is 57.0 Å². The number of rotatable bonds is 2. The van der Waals surface area contributed by atoms with Crippen molar-refractivity contribution in [3.8, 4) is 11.5 Å². The second-order valence-corrected chi connectivity index (χ2v) is 5.48. The zero-order chi connectivity index (χ0) is 18.7. The van der Waals surface area contributed by atoms with Crippen LogP contribution in [0.5, 0.6) is 11.5 Å². The van der Waals surface area contributed by atoms with E-state index in [0.717, 1.165) is 0 Å². The number of aromatic carboxylic acids is 1. The third-order valence-electron chi connectivity index (χ3n) is 4.04. The molecule has 26 heavy (non-hydrogen) atoms. The van der Waals surface area contributed by atoms with Gasteiger partial charge in [-0.05, 0) is 24.6 Å². The van der Waals surface area contributed by atoms with Crippen molar-refractivity contribution >= 4 is 18.3 Å². The van der Waals surface area contributed by atoms with Crippen LogP contribution in [-0.2, 0) is 17.8 Å². The van der Waals surface area contributed by atoms with E-state index in [1.165, 1.54) is 0 Å². The number of carboxylic acid groups (broad SMARTS) is 2. The molecular formula is C16H15N3O7. The van der Waals surface area contributed by atoms with Gasteiger partial charge in [-0.3, -0.25) is 14.7 Å². The first-order valence-electron chi connectivity index (χ1n) is 7.61. The van der Waals surface area contributed by atoms with Gasteiger partial charge in [-0.2, -0.15) is 5.10 Å². The number of benzene rings is 1. The van der Waals surface area contributed by atoms with Crippen LogP contribution in [0.1, 0.15) is 32.1 Å². The molecule has 0 atom stereocenters. The molecule has 1 aromatic carbocycles. The lowest BCUT2D eigenvalue weighted by molar-refractivity contribution is -0.122. The number of aromatic nitrogens is 2. The Kier molecular flexibility index (Phi) is 4.74. The van der Waals surface area contributed by atoms with E-state index in [1.807, 2.05) is 0 Å². The van der Waals surface area contributed by atoms with Crippen molar-refractivity contribution < 1.29 is 34.1 Å². The number of amides is 1. The summed E-state index contributed by atoms with van der Waals surface area (Å²) in [6.07, 6.45) is 0.462. The summed E-state index contributed by atoms with van der Waals surface area (Å²) >= 11 is 0. The maximum Gasteiger partial charge on any atom is 0.356 e. The monoisotopic (exact) mass is 361 g/mol. The third-order valence-corrected chi connectivity index (χ3v) is 4.04. The number of ether oxygens (including phenoxy) is 2. The van der Waals surface area contributed by atoms with E-state index in [-0.39, 0.29) is 24.9 Å². The van der Waals surface area contributed by atoms with Crippen LogP contribution in [0, 0.1) is 0 Å². The quantitative estimate of drug-likeness (QED) is 0.665. The van der Waals surface area contributed by atoms with E-state index < -0.39 is 5.97 Å². The van der Waals surface area contributed by atoms with Gasteiger partial charge in [0, 0.05) is 17.7 Å². The van der Waals surface area contributed by atoms with Crippen molar-refractivity contribution in [1.29, 1.82) is 0 Å². The zero-order valence-electron chi connectivity index (χ0n) is 13.5. The highest BCUT2D eigenvalue weighted by Crippen LogP contribution is 2.33. The van der Waals surface area contributed by atoms with Crippen molar-refractivity contribution in [2.24, 2.45) is 0 Å². The molecule has 0 saturated carbocycles. The van der Waals surface area contributed by atoms with Gasteiger partial charge in [0.05, 0.1) is 12.2 Å². The highest BCUT2D eigenvalue weighted by atomic mass is 16.7. The van der Waals surface area contributed by atoms with Gasteiger partial charge in [0.25, 0.3) is 12.4 Å². The Morgan fingerprint density at radius 1 is 1.27 bits per heavy atom. The lowest BCUT2D eigenvalue weighted by Crippen LogP contribution is -2.36. The van der Waals surface area contributed by atoms with Gasteiger partial charge in [0.1, 0.15) is 0 Å². The van der Waals surface area contributed by atoms with Gasteiger partial charge in [-0.25, -0.2) is 4.79 Å². The van der Waals surface area contributed by atoms with Crippen LogP contribution in [0.2, 0.25) is 0 Å². The van der Waals surface area contributed by atoms with Crippen LogP contribution in [0.25, 0.3) is 0 Å². The molecule has 4 rings (SSSR count). The number of carbonyl (C=O) groups excluding carboxylic acids is 1. The summed E-state index contributed by atoms with van der Waals surface area (Å²) in [4.78, 5) is 33.7. The van der Waals surface area contributed by atoms with Gasteiger partial charge in [-0.1, -0.05) is 0 Å². The number of carboxylic acids is 1. The minimum Gasteiger partial charge on any atom is -0.483 e. The second kappa shape index (κ2) is 7.13. The minimum absolute atomic E-state index is 0.0372. The maximum atomic E-state index is 12.6. The topological polar surface area (TPSA) is 142 Å². The highest BCUT2D eigenvalue weighted by molar-refractivity contribution is 5.95. The smallest absolute Gasteiger partial charge is 0.356 e. The van der Waals surface area contributed by atoms with E-state index in [2.05, 4.69) is 10.2 Å². The summed E-state index contributed by atoms with van der Waals surface area (Å²) in [5.41, 5.74) is 1.89. The standard InChI is InChI=1S/C15H13N3O5.CH2O2/c19-14(8-1-2-11-12(5-8)23-7-22-11)18-4-3-9-10(6-18)16-17-13(9)15(20)21;2-1-3/h1-2,5H,3-4,6-7H2,(H,16,17)(H,20,21);1H,(H,2,3). The van der Waals surface area contributed by atoms with E-state index in [0.29, 0.717) is 47.8 Å². The lowest BCUT2D eigenvalue weighted by atomic mass is 10.0. The number of carbonyl (C=O) groups is 3. The summed E-state index contributed by atoms with van der Waals surface area (Å²) in [6.45, 7) is 0.662. The van der Waals surface area contributed by atoms with Crippen molar-refractivity contribution in [1.82, 2.24) is 15.1 Å². The van der Waals surface area contributed by atoms with Crippen molar-refractivity contribution in [3.05, 3.63) is 40.7 Å². The van der Waals surface area contributed by atoms with Gasteiger partial charge in [0.2, 0.25) is 6.79 Å². The lowest BCUT2D eigenvalue weighted by Gasteiger charge is -2.26. The van der Waals surface area contributed by atoms with Crippen LogP contribution in [0.3, 0.4) is 0 Å². The number of hydrogen-bond donors (Lipinski definition) is 3. The molecule has 10 heteroatoms. The maximum absolute atomic E-state index is 12.6. The number of aromatic amines is 1. The molecule has 0 unspecified atom stereocenters. The number of fused-ring (bicyclic) bond motifs is 2. The molecule has 0 radical (unpaired) electrons. The van der Waals surface area contributed by atoms with Gasteiger partial charge in [0.15, 0.2) is 17.2 Å². The predicted molar refractivity (Wildman–Crippen MR) is 85.2 cm³/mol. The molecular weight excluding hydrogens is 346 g/mol. The molecule has 10 nitrogen and oxygen atoms in total. The average molecular weight is 361 g/mol. The summed E-state index contributed by atoms with van der Waals surface area (Å²) in [7, 11) is 0. The van der Waals surface area contributed by atoms with E-state index in [4.69, 9.17) is 24.5 Å². The Morgan fingerprint density at radius 3 is 2.73 bits per heavy atom. The van der Waals surface area contributed by atoms with E-state index in [1.54, 1.807) is 23.1 Å². The number of H-pyrrole nitrogens is 1. The van der Waals surface area contributed by atoms with Gasteiger partial charge in [-0.15, -0.1) is 0 Å². The molecule has 2 aliphatic heterocycles. The van der Waals surface area contributed by atoms with Crippen molar-refractivity contribution in [3.63, 3.8) is 0 Å². The predicted octanol–water partition coefficient (Wildman–Crippen LogP) is 0.736. The first-order chi connectivity index (χ1) is 12.5. The van der Waals surface area contributed by atoms with E-state index in [9.17, 15) is 9.59 Å². The second-order valence-electron chi connectivity index (χ2n) is 5.48. The zero-order valence-corrected chi connectivity index (χ0v) is 13.5. The fourth-order valence-electron chi connectivity index (χ4n) is 2.88. The fraction of sp³-hybridized carbons (Fsp3) is 0.250. The molecule has 0 spiro atoms. The van der Waals surface area contributed by atoms with Gasteiger partial charge >= 0.3 is 5.97 Å². The third kappa shape index (κ3) is 3.16. The highest BCUT2D eigenvalue weighted by Gasteiger charge is 2.28. The molecule has 1 aromatic heterocycles. The Morgan fingerprint density at radius 2 is 2.00 bits per heavy atom. The fourth-order valence-corrected chi connectivity index (χ4v) is 2.88. The molecule has 2 aromatic rings. The molecule has 0 saturated heterocycles. The van der Waals surface area contributed by atoms with Crippen LogP contribution < -0.4 is 9.47 Å². The Balaban J connectivity index is 0.000000613. The first kappa shape index (κ1) is 17.3. The van der Waals surface area contributed by atoms with Crippen molar-refractivity contribution in [2.45, 2.75) is 13.0 Å². The largest absolute Gasteiger partial charge is 0.483 e. The molecule has 3 heterocycles. The minimum atomic E-state index is -1.06. The molecule has 3 N–H and O–H groups in total. The van der Waals surface area contributed by atoms with E-state index >= 15 is 0 Å². The summed E-state index contributed by atoms with van der Waals surface area (Å²) < 4.78 is 10.5. The number of hydrogen-bond acceptors (Lipinski definition) is 6. The SMILES string of the molecule is O=C(O)c1n[nH]c2c1CCN(C(=O)c1ccc3c(c1)OCO3)C2.O=CO.